The number of urea groups is 1. The van der Waals surface area contributed by atoms with Gasteiger partial charge in [-0.3, -0.25) is 4.79 Å². The van der Waals surface area contributed by atoms with E-state index in [1.165, 1.54) is 18.3 Å². The van der Waals surface area contributed by atoms with Crippen LogP contribution in [0.3, 0.4) is 0 Å². The average Bonchev–Trinajstić information content (AvgIpc) is 2.78. The largest absolute Gasteiger partial charge is 0.481 e. The van der Waals surface area contributed by atoms with Crippen molar-refractivity contribution in [3.05, 3.63) is 16.6 Å². The highest BCUT2D eigenvalue weighted by molar-refractivity contribution is 7.09. The highest BCUT2D eigenvalue weighted by Crippen LogP contribution is 2.14. The summed E-state index contributed by atoms with van der Waals surface area (Å²) >= 11 is 1.45. The normalized spacial score (nSPS) is 13.8. The molecule has 0 aromatic carbocycles. The van der Waals surface area contributed by atoms with E-state index in [0.717, 1.165) is 5.01 Å². The summed E-state index contributed by atoms with van der Waals surface area (Å²) in [6, 6.07) is -0.573. The van der Waals surface area contributed by atoms with E-state index in [1.807, 2.05) is 12.3 Å². The van der Waals surface area contributed by atoms with Crippen LogP contribution in [0.1, 0.15) is 24.9 Å². The zero-order valence-electron chi connectivity index (χ0n) is 9.64. The summed E-state index contributed by atoms with van der Waals surface area (Å²) in [7, 11) is 0. The summed E-state index contributed by atoms with van der Waals surface area (Å²) in [6.45, 7) is 3.46. The zero-order chi connectivity index (χ0) is 12.8. The number of carbonyl (C=O) groups excluding carboxylic acids is 1. The third-order valence-electron chi connectivity index (χ3n) is 2.16. The molecule has 0 saturated carbocycles. The minimum atomic E-state index is -0.932. The molecule has 0 bridgehead atoms. The minimum Gasteiger partial charge on any atom is -0.481 e. The van der Waals surface area contributed by atoms with Gasteiger partial charge < -0.3 is 15.7 Å². The molecule has 1 aromatic rings. The van der Waals surface area contributed by atoms with Crippen LogP contribution in [0.2, 0.25) is 0 Å². The lowest BCUT2D eigenvalue weighted by Crippen LogP contribution is -2.40. The molecular weight excluding hydrogens is 242 g/mol. The van der Waals surface area contributed by atoms with Crippen molar-refractivity contribution in [3.63, 3.8) is 0 Å². The molecule has 0 aliphatic rings. The first-order valence-corrected chi connectivity index (χ1v) is 6.05. The molecular formula is C10H15N3O3S. The van der Waals surface area contributed by atoms with Crippen molar-refractivity contribution in [2.75, 3.05) is 6.54 Å². The molecule has 0 fully saturated rings. The lowest BCUT2D eigenvalue weighted by Gasteiger charge is -2.13. The topological polar surface area (TPSA) is 91.3 Å². The van der Waals surface area contributed by atoms with E-state index in [-0.39, 0.29) is 18.6 Å². The van der Waals surface area contributed by atoms with Crippen molar-refractivity contribution in [2.24, 2.45) is 5.92 Å². The highest BCUT2D eigenvalue weighted by Gasteiger charge is 2.14. The summed E-state index contributed by atoms with van der Waals surface area (Å²) in [5, 5.41) is 16.5. The first-order chi connectivity index (χ1) is 8.00. The Morgan fingerprint density at radius 2 is 2.24 bits per heavy atom. The number of hydrogen-bond donors (Lipinski definition) is 3. The predicted molar refractivity (Wildman–Crippen MR) is 63.9 cm³/mol. The van der Waals surface area contributed by atoms with E-state index < -0.39 is 11.9 Å². The van der Waals surface area contributed by atoms with Crippen LogP contribution in [0, 0.1) is 5.92 Å². The van der Waals surface area contributed by atoms with Gasteiger partial charge in [-0.1, -0.05) is 6.92 Å². The number of aliphatic carboxylic acids is 1. The minimum absolute atomic E-state index is 0.103. The van der Waals surface area contributed by atoms with Gasteiger partial charge in [-0.05, 0) is 6.92 Å². The second-order valence-corrected chi connectivity index (χ2v) is 4.61. The highest BCUT2D eigenvalue weighted by atomic mass is 32.1. The van der Waals surface area contributed by atoms with Crippen LogP contribution in [-0.4, -0.2) is 28.6 Å². The van der Waals surface area contributed by atoms with Crippen LogP contribution < -0.4 is 10.6 Å². The fourth-order valence-electron chi connectivity index (χ4n) is 1.09. The van der Waals surface area contributed by atoms with Crippen LogP contribution in [0.25, 0.3) is 0 Å². The molecule has 1 heterocycles. The van der Waals surface area contributed by atoms with Crippen molar-refractivity contribution in [1.82, 2.24) is 15.6 Å². The third-order valence-corrected chi connectivity index (χ3v) is 3.12. The Hall–Kier alpha value is -1.63. The van der Waals surface area contributed by atoms with Gasteiger partial charge in [0.25, 0.3) is 0 Å². The number of carboxylic acid groups (broad SMARTS) is 1. The quantitative estimate of drug-likeness (QED) is 0.739. The average molecular weight is 257 g/mol. The number of carboxylic acids is 1. The second kappa shape index (κ2) is 6.19. The summed E-state index contributed by atoms with van der Waals surface area (Å²) in [5.74, 6) is -1.53. The summed E-state index contributed by atoms with van der Waals surface area (Å²) in [6.07, 6.45) is 1.67. The number of nitrogens with zero attached hydrogens (tertiary/aromatic N) is 1. The van der Waals surface area contributed by atoms with Crippen molar-refractivity contribution >= 4 is 23.3 Å². The molecule has 2 unspecified atom stereocenters. The maximum absolute atomic E-state index is 11.4. The second-order valence-electron chi connectivity index (χ2n) is 3.69. The first-order valence-electron chi connectivity index (χ1n) is 5.17. The summed E-state index contributed by atoms with van der Waals surface area (Å²) in [4.78, 5) is 26.1. The van der Waals surface area contributed by atoms with Gasteiger partial charge in [-0.15, -0.1) is 11.3 Å². The molecule has 94 valence electrons. The molecule has 17 heavy (non-hydrogen) atoms. The Bertz CT molecular complexity index is 380. The van der Waals surface area contributed by atoms with Gasteiger partial charge in [-0.25, -0.2) is 9.78 Å². The molecule has 2 amide bonds. The Morgan fingerprint density at radius 1 is 1.53 bits per heavy atom. The molecule has 0 aliphatic carbocycles. The SMILES string of the molecule is CC(CNC(=O)NC(C)c1nccs1)C(=O)O. The van der Waals surface area contributed by atoms with Gasteiger partial charge in [0.15, 0.2) is 0 Å². The number of amides is 2. The van der Waals surface area contributed by atoms with E-state index in [0.29, 0.717) is 0 Å². The van der Waals surface area contributed by atoms with Crippen molar-refractivity contribution in [3.8, 4) is 0 Å². The zero-order valence-corrected chi connectivity index (χ0v) is 10.5. The molecule has 7 heteroatoms. The first kappa shape index (κ1) is 13.4. The smallest absolute Gasteiger partial charge is 0.315 e. The number of aromatic nitrogens is 1. The van der Waals surface area contributed by atoms with Crippen molar-refractivity contribution < 1.29 is 14.7 Å². The molecule has 1 aromatic heterocycles. The molecule has 0 radical (unpaired) electrons. The van der Waals surface area contributed by atoms with E-state index in [9.17, 15) is 9.59 Å². The van der Waals surface area contributed by atoms with Crippen LogP contribution in [0.5, 0.6) is 0 Å². The maximum atomic E-state index is 11.4. The van der Waals surface area contributed by atoms with Crippen molar-refractivity contribution in [1.29, 1.82) is 0 Å². The van der Waals surface area contributed by atoms with Crippen LogP contribution in [-0.2, 0) is 4.79 Å². The number of hydrogen-bond acceptors (Lipinski definition) is 4. The maximum Gasteiger partial charge on any atom is 0.315 e. The number of nitrogens with one attached hydrogen (secondary N) is 2. The Labute approximate surface area is 103 Å². The molecule has 2 atom stereocenters. The summed E-state index contributed by atoms with van der Waals surface area (Å²) < 4.78 is 0. The molecule has 0 aliphatic heterocycles. The van der Waals surface area contributed by atoms with Crippen LogP contribution in [0.15, 0.2) is 11.6 Å². The van der Waals surface area contributed by atoms with Gasteiger partial charge >= 0.3 is 12.0 Å². The molecule has 1 rings (SSSR count). The lowest BCUT2D eigenvalue weighted by atomic mass is 10.2. The van der Waals surface area contributed by atoms with Gasteiger partial charge in [0.2, 0.25) is 0 Å². The lowest BCUT2D eigenvalue weighted by molar-refractivity contribution is -0.140. The molecule has 0 spiro atoms. The van der Waals surface area contributed by atoms with E-state index >= 15 is 0 Å². The van der Waals surface area contributed by atoms with E-state index in [1.54, 1.807) is 6.20 Å². The Balaban J connectivity index is 2.32. The molecule has 6 nitrogen and oxygen atoms in total. The van der Waals surface area contributed by atoms with Crippen LogP contribution in [0.4, 0.5) is 4.79 Å². The fraction of sp³-hybridized carbons (Fsp3) is 0.500. The van der Waals surface area contributed by atoms with Gasteiger partial charge in [0.05, 0.1) is 12.0 Å². The number of rotatable bonds is 5. The third kappa shape index (κ3) is 4.39. The Morgan fingerprint density at radius 3 is 2.76 bits per heavy atom. The van der Waals surface area contributed by atoms with Gasteiger partial charge in [0.1, 0.15) is 5.01 Å². The van der Waals surface area contributed by atoms with Crippen molar-refractivity contribution in [2.45, 2.75) is 19.9 Å². The fourth-order valence-corrected chi connectivity index (χ4v) is 1.74. The Kier molecular flexibility index (Phi) is 4.89. The van der Waals surface area contributed by atoms with E-state index in [4.69, 9.17) is 5.11 Å². The predicted octanol–water partition coefficient (Wildman–Crippen LogP) is 1.22. The number of thiazole rings is 1. The van der Waals surface area contributed by atoms with E-state index in [2.05, 4.69) is 15.6 Å². The summed E-state index contributed by atoms with van der Waals surface area (Å²) in [5.41, 5.74) is 0. The van der Waals surface area contributed by atoms with Crippen LogP contribution >= 0.6 is 11.3 Å². The monoisotopic (exact) mass is 257 g/mol. The number of carbonyl (C=O) groups is 2. The standard InChI is InChI=1S/C10H15N3O3S/c1-6(9(14)15)5-12-10(16)13-7(2)8-11-3-4-17-8/h3-4,6-7H,5H2,1-2H3,(H,14,15)(H2,12,13,16). The molecule has 3 N–H and O–H groups in total. The van der Waals surface area contributed by atoms with Gasteiger partial charge in [0, 0.05) is 18.1 Å². The molecule has 0 saturated heterocycles. The van der Waals surface area contributed by atoms with Gasteiger partial charge in [-0.2, -0.15) is 0 Å².